The SMILES string of the molecule is CCCC(=O)Nc1cccc(C(C(=O)O)C(=O)Nc2ncc([N+](=O)[O-])s2)c1. The number of carbonyl (C=O) groups excluding carboxylic acids is 2. The second-order valence-electron chi connectivity index (χ2n) is 5.44. The lowest BCUT2D eigenvalue weighted by atomic mass is 9.98. The van der Waals surface area contributed by atoms with Crippen molar-refractivity contribution in [3.05, 3.63) is 46.1 Å². The summed E-state index contributed by atoms with van der Waals surface area (Å²) >= 11 is 0.619. The zero-order valence-electron chi connectivity index (χ0n) is 14.2. The highest BCUT2D eigenvalue weighted by Crippen LogP contribution is 2.27. The molecule has 11 heteroatoms. The van der Waals surface area contributed by atoms with E-state index in [1.807, 2.05) is 6.92 Å². The number of nitro groups is 1. The molecule has 2 amide bonds. The van der Waals surface area contributed by atoms with Gasteiger partial charge in [0.05, 0.1) is 4.92 Å². The number of carboxylic acids is 1. The van der Waals surface area contributed by atoms with Crippen molar-refractivity contribution >= 4 is 44.9 Å². The highest BCUT2D eigenvalue weighted by molar-refractivity contribution is 7.18. The monoisotopic (exact) mass is 392 g/mol. The molecule has 142 valence electrons. The number of hydrogen-bond acceptors (Lipinski definition) is 7. The third-order valence-electron chi connectivity index (χ3n) is 3.39. The van der Waals surface area contributed by atoms with Crippen molar-refractivity contribution in [3.63, 3.8) is 0 Å². The van der Waals surface area contributed by atoms with Crippen molar-refractivity contribution in [2.24, 2.45) is 0 Å². The molecule has 0 radical (unpaired) electrons. The lowest BCUT2D eigenvalue weighted by molar-refractivity contribution is -0.380. The van der Waals surface area contributed by atoms with Crippen LogP contribution >= 0.6 is 11.3 Å². The van der Waals surface area contributed by atoms with E-state index in [0.29, 0.717) is 29.9 Å². The highest BCUT2D eigenvalue weighted by atomic mass is 32.1. The predicted octanol–water partition coefficient (Wildman–Crippen LogP) is 2.60. The number of nitrogens with zero attached hydrogens (tertiary/aromatic N) is 2. The van der Waals surface area contributed by atoms with Gasteiger partial charge in [0, 0.05) is 12.1 Å². The molecule has 1 unspecified atom stereocenters. The number of anilines is 2. The molecule has 1 aromatic carbocycles. The van der Waals surface area contributed by atoms with Crippen LogP contribution in [0, 0.1) is 10.1 Å². The van der Waals surface area contributed by atoms with Crippen LogP contribution in [0.15, 0.2) is 30.5 Å². The third-order valence-corrected chi connectivity index (χ3v) is 4.26. The van der Waals surface area contributed by atoms with Crippen LogP contribution in [0.3, 0.4) is 0 Å². The van der Waals surface area contributed by atoms with E-state index in [1.54, 1.807) is 6.07 Å². The number of aliphatic carboxylic acids is 1. The lowest BCUT2D eigenvalue weighted by Gasteiger charge is -2.13. The first-order valence-corrected chi connectivity index (χ1v) is 8.67. The summed E-state index contributed by atoms with van der Waals surface area (Å²) < 4.78 is 0. The van der Waals surface area contributed by atoms with Gasteiger partial charge in [-0.3, -0.25) is 24.5 Å². The molecule has 0 spiro atoms. The Hall–Kier alpha value is -3.34. The summed E-state index contributed by atoms with van der Waals surface area (Å²) in [5.41, 5.74) is 0.523. The van der Waals surface area contributed by atoms with E-state index >= 15 is 0 Å². The average Bonchev–Trinajstić information content (AvgIpc) is 3.04. The Morgan fingerprint density at radius 1 is 1.33 bits per heavy atom. The second-order valence-corrected chi connectivity index (χ2v) is 6.45. The van der Waals surface area contributed by atoms with Gasteiger partial charge in [0.2, 0.25) is 11.8 Å². The van der Waals surface area contributed by atoms with Gasteiger partial charge in [-0.15, -0.1) is 0 Å². The van der Waals surface area contributed by atoms with Gasteiger partial charge in [0.15, 0.2) is 11.0 Å². The number of carbonyl (C=O) groups is 3. The molecule has 27 heavy (non-hydrogen) atoms. The normalized spacial score (nSPS) is 11.4. The minimum atomic E-state index is -1.57. The van der Waals surface area contributed by atoms with Crippen molar-refractivity contribution in [2.45, 2.75) is 25.7 Å². The average molecular weight is 392 g/mol. The first-order chi connectivity index (χ1) is 12.8. The maximum atomic E-state index is 12.4. The standard InChI is InChI=1S/C16H16N4O6S/c1-2-4-11(21)18-10-6-3-5-9(7-10)13(15(23)24)14(22)19-16-17-8-12(27-16)20(25)26/h3,5-8,13H,2,4H2,1H3,(H,18,21)(H,23,24)(H,17,19,22). The van der Waals surface area contributed by atoms with Gasteiger partial charge in [-0.1, -0.05) is 19.1 Å². The Morgan fingerprint density at radius 3 is 2.67 bits per heavy atom. The molecule has 0 aliphatic rings. The van der Waals surface area contributed by atoms with Gasteiger partial charge in [-0.25, -0.2) is 4.98 Å². The largest absolute Gasteiger partial charge is 0.480 e. The zero-order valence-corrected chi connectivity index (χ0v) is 15.0. The summed E-state index contributed by atoms with van der Waals surface area (Å²) in [5.74, 6) is -4.10. The summed E-state index contributed by atoms with van der Waals surface area (Å²) in [6.07, 6.45) is 1.95. The fraction of sp³-hybridized carbons (Fsp3) is 0.250. The molecule has 0 aliphatic heterocycles. The summed E-state index contributed by atoms with van der Waals surface area (Å²) in [7, 11) is 0. The molecule has 1 atom stereocenters. The molecule has 0 saturated carbocycles. The lowest BCUT2D eigenvalue weighted by Crippen LogP contribution is -2.27. The number of rotatable bonds is 8. The molecule has 2 aromatic rings. The quantitative estimate of drug-likeness (QED) is 0.355. The highest BCUT2D eigenvalue weighted by Gasteiger charge is 2.29. The number of nitrogens with one attached hydrogen (secondary N) is 2. The molecule has 1 aromatic heterocycles. The number of carboxylic acid groups (broad SMARTS) is 1. The van der Waals surface area contributed by atoms with E-state index in [-0.39, 0.29) is 21.6 Å². The maximum Gasteiger partial charge on any atom is 0.345 e. The molecule has 2 rings (SSSR count). The molecule has 0 saturated heterocycles. The Balaban J connectivity index is 2.20. The predicted molar refractivity (Wildman–Crippen MR) is 97.8 cm³/mol. The number of hydrogen-bond donors (Lipinski definition) is 3. The number of thiazole rings is 1. The molecule has 10 nitrogen and oxygen atoms in total. The molecule has 3 N–H and O–H groups in total. The Kier molecular flexibility index (Phi) is 6.55. The van der Waals surface area contributed by atoms with Gasteiger partial charge in [-0.05, 0) is 35.5 Å². The van der Waals surface area contributed by atoms with E-state index in [0.717, 1.165) is 6.20 Å². The summed E-state index contributed by atoms with van der Waals surface area (Å²) in [5, 5.41) is 24.7. The van der Waals surface area contributed by atoms with Crippen LogP contribution in [0.4, 0.5) is 15.8 Å². The second kappa shape index (κ2) is 8.85. The fourth-order valence-corrected chi connectivity index (χ4v) is 2.87. The number of aromatic nitrogens is 1. The van der Waals surface area contributed by atoms with Crippen LogP contribution in [0.1, 0.15) is 31.2 Å². The third kappa shape index (κ3) is 5.31. The van der Waals surface area contributed by atoms with Gasteiger partial charge >= 0.3 is 11.0 Å². The topological polar surface area (TPSA) is 152 Å². The first-order valence-electron chi connectivity index (χ1n) is 7.85. The van der Waals surface area contributed by atoms with Crippen LogP contribution < -0.4 is 10.6 Å². The van der Waals surface area contributed by atoms with Crippen molar-refractivity contribution < 1.29 is 24.4 Å². The minimum absolute atomic E-state index is 0.0784. The van der Waals surface area contributed by atoms with Crippen LogP contribution in [-0.4, -0.2) is 32.8 Å². The van der Waals surface area contributed by atoms with Crippen molar-refractivity contribution in [2.75, 3.05) is 10.6 Å². The van der Waals surface area contributed by atoms with Crippen molar-refractivity contribution in [1.82, 2.24) is 4.98 Å². The Morgan fingerprint density at radius 2 is 2.07 bits per heavy atom. The first kappa shape index (κ1) is 20.0. The van der Waals surface area contributed by atoms with Gasteiger partial charge in [0.25, 0.3) is 0 Å². The van der Waals surface area contributed by atoms with Crippen molar-refractivity contribution in [3.8, 4) is 0 Å². The number of amides is 2. The van der Waals surface area contributed by atoms with Crippen LogP contribution in [0.25, 0.3) is 0 Å². The molecule has 0 aliphatic carbocycles. The fourth-order valence-electron chi connectivity index (χ4n) is 2.24. The smallest absolute Gasteiger partial charge is 0.345 e. The van der Waals surface area contributed by atoms with Crippen LogP contribution in [0.2, 0.25) is 0 Å². The van der Waals surface area contributed by atoms with Gasteiger partial charge in [0.1, 0.15) is 6.20 Å². The van der Waals surface area contributed by atoms with E-state index in [2.05, 4.69) is 15.6 Å². The molecule has 0 fully saturated rings. The van der Waals surface area contributed by atoms with E-state index in [9.17, 15) is 29.6 Å². The number of benzene rings is 1. The van der Waals surface area contributed by atoms with Gasteiger partial charge in [-0.2, -0.15) is 0 Å². The van der Waals surface area contributed by atoms with E-state index in [1.165, 1.54) is 18.2 Å². The maximum absolute atomic E-state index is 12.4. The van der Waals surface area contributed by atoms with Crippen LogP contribution in [-0.2, 0) is 14.4 Å². The molecular formula is C16H16N4O6S. The molecular weight excluding hydrogens is 376 g/mol. The Labute approximate surface area is 157 Å². The Bertz CT molecular complexity index is 881. The van der Waals surface area contributed by atoms with Crippen molar-refractivity contribution in [1.29, 1.82) is 0 Å². The van der Waals surface area contributed by atoms with E-state index < -0.39 is 22.7 Å². The summed E-state index contributed by atoms with van der Waals surface area (Å²) in [6, 6.07) is 5.95. The minimum Gasteiger partial charge on any atom is -0.480 e. The molecule has 1 heterocycles. The summed E-state index contributed by atoms with van der Waals surface area (Å²) in [4.78, 5) is 49.4. The van der Waals surface area contributed by atoms with E-state index in [4.69, 9.17) is 0 Å². The van der Waals surface area contributed by atoms with Crippen LogP contribution in [0.5, 0.6) is 0 Å². The summed E-state index contributed by atoms with van der Waals surface area (Å²) in [6.45, 7) is 1.85. The van der Waals surface area contributed by atoms with Gasteiger partial charge < -0.3 is 15.7 Å². The molecule has 0 bridgehead atoms. The zero-order chi connectivity index (χ0) is 20.0.